The number of rotatable bonds is 6. The van der Waals surface area contributed by atoms with Crippen molar-refractivity contribution in [3.05, 3.63) is 95.8 Å². The summed E-state index contributed by atoms with van der Waals surface area (Å²) in [5, 5.41) is 4.54. The number of benzene rings is 2. The Morgan fingerprint density at radius 1 is 1.07 bits per heavy atom. The van der Waals surface area contributed by atoms with E-state index >= 15 is 0 Å². The van der Waals surface area contributed by atoms with E-state index in [4.69, 9.17) is 34.8 Å². The van der Waals surface area contributed by atoms with Crippen molar-refractivity contribution in [2.24, 2.45) is 0 Å². The molecule has 0 saturated heterocycles. The van der Waals surface area contributed by atoms with Gasteiger partial charge in [0.15, 0.2) is 5.78 Å². The predicted octanol–water partition coefficient (Wildman–Crippen LogP) is 5.30. The van der Waals surface area contributed by atoms with E-state index in [0.717, 1.165) is 15.8 Å². The highest BCUT2D eigenvalue weighted by Gasteiger charge is 2.19. The van der Waals surface area contributed by atoms with E-state index in [0.29, 0.717) is 16.1 Å². The van der Waals surface area contributed by atoms with Gasteiger partial charge in [-0.05, 0) is 42.3 Å². The van der Waals surface area contributed by atoms with Gasteiger partial charge in [-0.1, -0.05) is 46.9 Å². The molecule has 4 nitrogen and oxygen atoms in total. The SMILES string of the molecule is Cc1ccc(C(=O)c2c(Cl)cc(Cl)cc2Cl)cc1Cc1ccnn(CCF)c1=O. The van der Waals surface area contributed by atoms with Gasteiger partial charge in [0, 0.05) is 28.8 Å². The summed E-state index contributed by atoms with van der Waals surface area (Å²) in [6, 6.07) is 9.69. The van der Waals surface area contributed by atoms with E-state index in [2.05, 4.69) is 5.10 Å². The van der Waals surface area contributed by atoms with Gasteiger partial charge in [0.1, 0.15) is 6.67 Å². The van der Waals surface area contributed by atoms with Crippen LogP contribution in [0, 0.1) is 6.92 Å². The number of halogens is 4. The Bertz CT molecular complexity index is 1120. The van der Waals surface area contributed by atoms with E-state index in [1.807, 2.05) is 6.92 Å². The topological polar surface area (TPSA) is 52.0 Å². The Hall–Kier alpha value is -2.21. The van der Waals surface area contributed by atoms with E-state index in [-0.39, 0.29) is 39.9 Å². The van der Waals surface area contributed by atoms with Gasteiger partial charge >= 0.3 is 0 Å². The van der Waals surface area contributed by atoms with Gasteiger partial charge in [0.25, 0.3) is 5.56 Å². The quantitative estimate of drug-likeness (QED) is 0.476. The first-order valence-corrected chi connectivity index (χ1v) is 9.85. The zero-order chi connectivity index (χ0) is 21.1. The van der Waals surface area contributed by atoms with Crippen LogP contribution in [0.5, 0.6) is 0 Å². The Morgan fingerprint density at radius 3 is 2.41 bits per heavy atom. The lowest BCUT2D eigenvalue weighted by Gasteiger charge is -2.11. The second kappa shape index (κ2) is 9.08. The molecule has 1 aromatic heterocycles. The number of ketones is 1. The summed E-state index contributed by atoms with van der Waals surface area (Å²) in [6.07, 6.45) is 1.74. The number of hydrogen-bond donors (Lipinski definition) is 0. The average Bonchev–Trinajstić information content (AvgIpc) is 2.66. The zero-order valence-electron chi connectivity index (χ0n) is 15.4. The molecule has 3 rings (SSSR count). The van der Waals surface area contributed by atoms with Crippen molar-refractivity contribution in [1.82, 2.24) is 9.78 Å². The predicted molar refractivity (Wildman–Crippen MR) is 113 cm³/mol. The highest BCUT2D eigenvalue weighted by Crippen LogP contribution is 2.31. The van der Waals surface area contributed by atoms with Crippen LogP contribution in [-0.4, -0.2) is 22.2 Å². The standard InChI is InChI=1S/C21H16Cl3FN2O2/c1-12-2-3-13(20(28)19-17(23)10-16(22)11-18(19)24)8-15(12)9-14-4-6-26-27(7-5-25)21(14)29/h2-4,6,8,10-11H,5,7,9H2,1H3. The maximum atomic E-state index is 13.0. The van der Waals surface area contributed by atoms with E-state index < -0.39 is 6.67 Å². The first-order chi connectivity index (χ1) is 13.8. The number of aryl methyl sites for hydroxylation is 2. The molecule has 0 aliphatic rings. The molecule has 0 N–H and O–H groups in total. The molecule has 3 aromatic rings. The lowest BCUT2D eigenvalue weighted by atomic mass is 9.95. The van der Waals surface area contributed by atoms with Crippen LogP contribution in [0.15, 0.2) is 47.4 Å². The van der Waals surface area contributed by atoms with Gasteiger partial charge in [-0.3, -0.25) is 9.59 Å². The molecule has 8 heteroatoms. The van der Waals surface area contributed by atoms with Crippen LogP contribution in [0.3, 0.4) is 0 Å². The highest BCUT2D eigenvalue weighted by atomic mass is 35.5. The minimum Gasteiger partial charge on any atom is -0.288 e. The molecule has 0 aliphatic carbocycles. The number of aromatic nitrogens is 2. The molecule has 0 saturated carbocycles. The third-order valence-corrected chi connectivity index (χ3v) is 5.33. The fourth-order valence-corrected chi connectivity index (χ4v) is 3.97. The van der Waals surface area contributed by atoms with Crippen molar-refractivity contribution < 1.29 is 9.18 Å². The van der Waals surface area contributed by atoms with Gasteiger partial charge < -0.3 is 0 Å². The van der Waals surface area contributed by atoms with Gasteiger partial charge in [0.05, 0.1) is 22.2 Å². The molecule has 0 atom stereocenters. The lowest BCUT2D eigenvalue weighted by molar-refractivity contribution is 0.103. The van der Waals surface area contributed by atoms with Gasteiger partial charge in [-0.2, -0.15) is 5.10 Å². The van der Waals surface area contributed by atoms with Crippen LogP contribution < -0.4 is 5.56 Å². The van der Waals surface area contributed by atoms with Crippen LogP contribution >= 0.6 is 34.8 Å². The normalized spacial score (nSPS) is 10.9. The summed E-state index contributed by atoms with van der Waals surface area (Å²) in [6.45, 7) is 1.10. The Balaban J connectivity index is 1.99. The fourth-order valence-electron chi connectivity index (χ4n) is 2.98. The molecular weight excluding hydrogens is 438 g/mol. The second-order valence-electron chi connectivity index (χ2n) is 6.47. The molecule has 0 unspecified atom stereocenters. The Kier molecular flexibility index (Phi) is 6.73. The summed E-state index contributed by atoms with van der Waals surface area (Å²) in [7, 11) is 0. The van der Waals surface area contributed by atoms with Crippen LogP contribution in [0.1, 0.15) is 32.6 Å². The first-order valence-electron chi connectivity index (χ1n) is 8.71. The summed E-state index contributed by atoms with van der Waals surface area (Å²) in [5.74, 6) is -0.345. The van der Waals surface area contributed by atoms with E-state index in [1.165, 1.54) is 18.3 Å². The molecule has 1 heterocycles. The number of carbonyl (C=O) groups is 1. The maximum absolute atomic E-state index is 13.0. The van der Waals surface area contributed by atoms with E-state index in [1.54, 1.807) is 24.3 Å². The number of alkyl halides is 1. The van der Waals surface area contributed by atoms with Crippen molar-refractivity contribution in [3.63, 3.8) is 0 Å². The van der Waals surface area contributed by atoms with Crippen molar-refractivity contribution in [1.29, 1.82) is 0 Å². The second-order valence-corrected chi connectivity index (χ2v) is 7.72. The molecule has 0 aliphatic heterocycles. The molecule has 150 valence electrons. The third kappa shape index (κ3) is 4.69. The average molecular weight is 454 g/mol. The molecule has 0 radical (unpaired) electrons. The molecule has 0 bridgehead atoms. The minimum atomic E-state index is -0.679. The summed E-state index contributed by atoms with van der Waals surface area (Å²) < 4.78 is 13.7. The molecule has 2 aromatic carbocycles. The molecule has 0 amide bonds. The Morgan fingerprint density at radius 2 is 1.76 bits per heavy atom. The summed E-state index contributed by atoms with van der Waals surface area (Å²) in [4.78, 5) is 25.4. The first kappa shape index (κ1) is 21.5. The van der Waals surface area contributed by atoms with Gasteiger partial charge in [-0.25, -0.2) is 9.07 Å². The van der Waals surface area contributed by atoms with Crippen LogP contribution in [-0.2, 0) is 13.0 Å². The smallest absolute Gasteiger partial charge is 0.270 e. The van der Waals surface area contributed by atoms with Crippen LogP contribution in [0.2, 0.25) is 15.1 Å². The Labute approximate surface area is 181 Å². The number of carbonyl (C=O) groups excluding carboxylic acids is 1. The minimum absolute atomic E-state index is 0.0995. The third-order valence-electron chi connectivity index (χ3n) is 4.51. The lowest BCUT2D eigenvalue weighted by Crippen LogP contribution is -2.26. The summed E-state index contributed by atoms with van der Waals surface area (Å²) in [5.41, 5.74) is 2.35. The van der Waals surface area contributed by atoms with Crippen molar-refractivity contribution in [2.45, 2.75) is 19.9 Å². The van der Waals surface area contributed by atoms with E-state index in [9.17, 15) is 14.0 Å². The van der Waals surface area contributed by atoms with Crippen molar-refractivity contribution >= 4 is 40.6 Å². The highest BCUT2D eigenvalue weighted by molar-refractivity contribution is 6.43. The summed E-state index contributed by atoms with van der Waals surface area (Å²) >= 11 is 18.3. The number of nitrogens with zero attached hydrogens (tertiary/aromatic N) is 2. The zero-order valence-corrected chi connectivity index (χ0v) is 17.7. The van der Waals surface area contributed by atoms with Gasteiger partial charge in [-0.15, -0.1) is 0 Å². The number of hydrogen-bond acceptors (Lipinski definition) is 3. The molecule has 29 heavy (non-hydrogen) atoms. The van der Waals surface area contributed by atoms with Gasteiger partial charge in [0.2, 0.25) is 0 Å². The molecule has 0 fully saturated rings. The monoisotopic (exact) mass is 452 g/mol. The molecular formula is C21H16Cl3FN2O2. The van der Waals surface area contributed by atoms with Crippen molar-refractivity contribution in [2.75, 3.05) is 6.67 Å². The van der Waals surface area contributed by atoms with Crippen LogP contribution in [0.4, 0.5) is 4.39 Å². The van der Waals surface area contributed by atoms with Crippen LogP contribution in [0.25, 0.3) is 0 Å². The molecule has 0 spiro atoms. The fraction of sp³-hybridized carbons (Fsp3) is 0.190. The van der Waals surface area contributed by atoms with Crippen molar-refractivity contribution in [3.8, 4) is 0 Å². The maximum Gasteiger partial charge on any atom is 0.270 e. The largest absolute Gasteiger partial charge is 0.288 e.